The second kappa shape index (κ2) is 17.4. The Morgan fingerprint density at radius 3 is 2.29 bits per heavy atom. The lowest BCUT2D eigenvalue weighted by atomic mass is 9.69. The van der Waals surface area contributed by atoms with E-state index in [4.69, 9.17) is 14.2 Å². The van der Waals surface area contributed by atoms with E-state index in [-0.39, 0.29) is 41.9 Å². The molecule has 7 heteroatoms. The standard InChI is InChI=1S/C52H70O7/c1-10-39-28-52(39,32(5)53)29-47(55)44-26-41(27-45(44)50(56)46(51(6,7)8)25-40(54)21-34-19-36-22-37(36)20-34)59-49-24-38(35-12-11-33(18-35)17-30(2)3)23-43-31(4)48(14-13-42(43)49)58-16-15-57-9/h12-14,18,23-24,30,34,36-37,39,41,44-46H,10-11,15-17,19-22,25-29H2,1-9H3. The minimum absolute atomic E-state index is 0.00370. The molecular formula is C52H70O7. The molecular weight excluding hydrogens is 737 g/mol. The lowest BCUT2D eigenvalue weighted by Crippen LogP contribution is -2.38. The first kappa shape index (κ1) is 43.5. The first-order valence-electron chi connectivity index (χ1n) is 22.9. The summed E-state index contributed by atoms with van der Waals surface area (Å²) >= 11 is 0. The molecule has 320 valence electrons. The van der Waals surface area contributed by atoms with Crippen LogP contribution in [0.2, 0.25) is 0 Å². The van der Waals surface area contributed by atoms with Crippen LogP contribution in [0.1, 0.15) is 137 Å². The molecule has 0 aromatic heterocycles. The summed E-state index contributed by atoms with van der Waals surface area (Å²) in [5.41, 5.74) is 3.59. The molecule has 4 saturated carbocycles. The summed E-state index contributed by atoms with van der Waals surface area (Å²) in [5.74, 6) is 2.95. The van der Waals surface area contributed by atoms with E-state index in [1.54, 1.807) is 14.0 Å². The topological polar surface area (TPSA) is 96.0 Å². The van der Waals surface area contributed by atoms with E-state index in [2.05, 4.69) is 78.8 Å². The van der Waals surface area contributed by atoms with Gasteiger partial charge in [0.15, 0.2) is 0 Å². The molecule has 0 radical (unpaired) electrons. The van der Waals surface area contributed by atoms with Crippen molar-refractivity contribution < 1.29 is 33.4 Å². The van der Waals surface area contributed by atoms with Crippen molar-refractivity contribution in [3.05, 3.63) is 53.1 Å². The molecule has 8 unspecified atom stereocenters. The first-order chi connectivity index (χ1) is 28.0. The van der Waals surface area contributed by atoms with Crippen molar-refractivity contribution in [1.82, 2.24) is 0 Å². The summed E-state index contributed by atoms with van der Waals surface area (Å²) in [5, 5.41) is 1.99. The minimum Gasteiger partial charge on any atom is -0.491 e. The largest absolute Gasteiger partial charge is 0.491 e. The Labute approximate surface area is 353 Å². The molecule has 0 bridgehead atoms. The maximum absolute atomic E-state index is 15.0. The monoisotopic (exact) mass is 807 g/mol. The zero-order chi connectivity index (χ0) is 42.4. The van der Waals surface area contributed by atoms with Crippen LogP contribution in [0.5, 0.6) is 11.5 Å². The van der Waals surface area contributed by atoms with E-state index in [1.165, 1.54) is 17.6 Å². The molecule has 5 aliphatic rings. The van der Waals surface area contributed by atoms with Gasteiger partial charge >= 0.3 is 0 Å². The summed E-state index contributed by atoms with van der Waals surface area (Å²) in [6.45, 7) is 17.4. The molecule has 0 amide bonds. The van der Waals surface area contributed by atoms with Gasteiger partial charge in [0, 0.05) is 54.9 Å². The van der Waals surface area contributed by atoms with E-state index in [0.717, 1.165) is 83.8 Å². The molecule has 8 atom stereocenters. The maximum Gasteiger partial charge on any atom is 0.140 e. The minimum atomic E-state index is -0.623. The van der Waals surface area contributed by atoms with Gasteiger partial charge in [-0.3, -0.25) is 19.2 Å². The van der Waals surface area contributed by atoms with Crippen LogP contribution in [0.15, 0.2) is 42.0 Å². The third kappa shape index (κ3) is 9.51. The van der Waals surface area contributed by atoms with Crippen molar-refractivity contribution in [2.24, 2.45) is 58.2 Å². The maximum atomic E-state index is 15.0. The number of aryl methyl sites for hydroxylation is 1. The lowest BCUT2D eigenvalue weighted by Gasteiger charge is -2.33. The Kier molecular flexibility index (Phi) is 12.8. The van der Waals surface area contributed by atoms with E-state index in [9.17, 15) is 14.4 Å². The number of rotatable bonds is 20. The fourth-order valence-electron chi connectivity index (χ4n) is 11.4. The number of ketones is 4. The Morgan fingerprint density at radius 1 is 0.915 bits per heavy atom. The van der Waals surface area contributed by atoms with E-state index in [0.29, 0.717) is 44.3 Å². The fourth-order valence-corrected chi connectivity index (χ4v) is 11.4. The summed E-state index contributed by atoms with van der Waals surface area (Å²) in [7, 11) is 1.67. The number of allylic oxidation sites excluding steroid dienone is 4. The number of carbonyl (C=O) groups is 4. The van der Waals surface area contributed by atoms with Crippen LogP contribution in [0, 0.1) is 65.1 Å². The van der Waals surface area contributed by atoms with Crippen LogP contribution >= 0.6 is 0 Å². The van der Waals surface area contributed by atoms with E-state index in [1.807, 2.05) is 6.07 Å². The predicted octanol–water partition coefficient (Wildman–Crippen LogP) is 11.3. The molecule has 5 aliphatic carbocycles. The summed E-state index contributed by atoms with van der Waals surface area (Å²) in [6, 6.07) is 8.40. The zero-order valence-electron chi connectivity index (χ0n) is 37.4. The average Bonchev–Trinajstić information content (AvgIpc) is 3.84. The number of carbonyl (C=O) groups excluding carboxylic acids is 4. The van der Waals surface area contributed by atoms with Crippen molar-refractivity contribution in [1.29, 1.82) is 0 Å². The second-order valence-corrected chi connectivity index (χ2v) is 20.8. The normalized spacial score (nSPS) is 28.9. The Hall–Kier alpha value is -3.58. The van der Waals surface area contributed by atoms with Crippen LogP contribution in [0.3, 0.4) is 0 Å². The van der Waals surface area contributed by atoms with Gasteiger partial charge < -0.3 is 14.2 Å². The lowest BCUT2D eigenvalue weighted by molar-refractivity contribution is -0.139. The molecule has 0 heterocycles. The molecule has 0 aliphatic heterocycles. The highest BCUT2D eigenvalue weighted by atomic mass is 16.5. The Balaban J connectivity index is 1.20. The number of benzene rings is 2. The van der Waals surface area contributed by atoms with Gasteiger partial charge in [-0.25, -0.2) is 0 Å². The van der Waals surface area contributed by atoms with Crippen molar-refractivity contribution in [3.8, 4) is 11.5 Å². The Morgan fingerprint density at radius 2 is 1.64 bits per heavy atom. The molecule has 4 fully saturated rings. The fraction of sp³-hybridized carbons (Fsp3) is 0.654. The number of hydrogen-bond acceptors (Lipinski definition) is 7. The van der Waals surface area contributed by atoms with Gasteiger partial charge in [0.25, 0.3) is 0 Å². The quantitative estimate of drug-likeness (QED) is 0.123. The van der Waals surface area contributed by atoms with E-state index >= 15 is 4.79 Å². The summed E-state index contributed by atoms with van der Waals surface area (Å²) in [4.78, 5) is 56.4. The van der Waals surface area contributed by atoms with Crippen LogP contribution in [-0.2, 0) is 23.9 Å². The van der Waals surface area contributed by atoms with Crippen LogP contribution in [0.25, 0.3) is 16.3 Å². The number of methoxy groups -OCH3 is 1. The molecule has 2 aromatic carbocycles. The Bertz CT molecular complexity index is 2000. The molecule has 0 saturated heterocycles. The second-order valence-electron chi connectivity index (χ2n) is 20.8. The first-order valence-corrected chi connectivity index (χ1v) is 22.9. The van der Waals surface area contributed by atoms with Gasteiger partial charge in [0.1, 0.15) is 47.3 Å². The highest BCUT2D eigenvalue weighted by Gasteiger charge is 2.59. The summed E-state index contributed by atoms with van der Waals surface area (Å²) < 4.78 is 18.5. The number of Topliss-reactive ketones (excluding diaryl/α,β-unsaturated/α-hetero) is 4. The third-order valence-corrected chi connectivity index (χ3v) is 15.0. The smallest absolute Gasteiger partial charge is 0.140 e. The highest BCUT2D eigenvalue weighted by molar-refractivity contribution is 5.98. The number of hydrogen-bond donors (Lipinski definition) is 0. The number of ether oxygens (including phenoxy) is 3. The number of fused-ring (bicyclic) bond motifs is 2. The van der Waals surface area contributed by atoms with Gasteiger partial charge in [-0.15, -0.1) is 0 Å². The predicted molar refractivity (Wildman–Crippen MR) is 234 cm³/mol. The molecule has 0 N–H and O–H groups in total. The van der Waals surface area contributed by atoms with Crippen molar-refractivity contribution in [3.63, 3.8) is 0 Å². The van der Waals surface area contributed by atoms with Gasteiger partial charge in [0.2, 0.25) is 0 Å². The van der Waals surface area contributed by atoms with Crippen molar-refractivity contribution in [2.45, 2.75) is 139 Å². The molecule has 7 nitrogen and oxygen atoms in total. The van der Waals surface area contributed by atoms with Gasteiger partial charge in [-0.2, -0.15) is 0 Å². The van der Waals surface area contributed by atoms with Gasteiger partial charge in [0.05, 0.1) is 6.61 Å². The van der Waals surface area contributed by atoms with Crippen molar-refractivity contribution >= 4 is 39.5 Å². The van der Waals surface area contributed by atoms with Crippen LogP contribution in [-0.4, -0.2) is 49.6 Å². The summed E-state index contributed by atoms with van der Waals surface area (Å²) in [6.07, 6.45) is 13.1. The van der Waals surface area contributed by atoms with Crippen LogP contribution in [0.4, 0.5) is 0 Å². The zero-order valence-corrected chi connectivity index (χ0v) is 37.4. The highest BCUT2D eigenvalue weighted by Crippen LogP contribution is 2.59. The molecule has 2 aromatic rings. The molecule has 59 heavy (non-hydrogen) atoms. The van der Waals surface area contributed by atoms with Gasteiger partial charge in [-0.1, -0.05) is 65.7 Å². The van der Waals surface area contributed by atoms with E-state index < -0.39 is 34.7 Å². The molecule has 0 spiro atoms. The SMILES string of the molecule is CCC1CC1(CC(=O)C1CC(Oc2cc(C3=CCC(CC(C)C)=C3)cc3c(C)c(OCCOC)ccc23)CC1C(=O)C(CC(=O)CC1CC2CC2C1)C(C)(C)C)C(C)=O. The molecule has 7 rings (SSSR count). The third-order valence-electron chi connectivity index (χ3n) is 15.0. The van der Waals surface area contributed by atoms with Gasteiger partial charge in [-0.05, 0) is 147 Å². The van der Waals surface area contributed by atoms with Crippen LogP contribution < -0.4 is 9.47 Å². The average molecular weight is 807 g/mol. The van der Waals surface area contributed by atoms with Crippen molar-refractivity contribution in [2.75, 3.05) is 20.3 Å².